The van der Waals surface area contributed by atoms with Crippen molar-refractivity contribution >= 4 is 29.4 Å². The molecule has 0 bridgehead atoms. The zero-order valence-corrected chi connectivity index (χ0v) is 18.8. The summed E-state index contributed by atoms with van der Waals surface area (Å²) in [6.07, 6.45) is 1.71. The standard InChI is InChI=1S/C21H27N3O6S/c1-12-17(20(25)29-3)19(18(13(2)23-12)21(26)30-4)15-11-14(24(27)28)7-8-16(15)31-10-6-5-9-22/h7-8,11,19,23H,5-6,9-10,22H2,1-4H3. The largest absolute Gasteiger partial charge is 0.466 e. The van der Waals surface area contributed by atoms with Crippen LogP contribution in [0.25, 0.3) is 0 Å². The lowest BCUT2D eigenvalue weighted by molar-refractivity contribution is -0.385. The number of carbonyl (C=O) groups is 2. The summed E-state index contributed by atoms with van der Waals surface area (Å²) in [6.45, 7) is 3.97. The van der Waals surface area contributed by atoms with Crippen molar-refractivity contribution in [1.82, 2.24) is 5.32 Å². The van der Waals surface area contributed by atoms with Gasteiger partial charge in [0.2, 0.25) is 0 Å². The van der Waals surface area contributed by atoms with E-state index in [-0.39, 0.29) is 16.8 Å². The zero-order chi connectivity index (χ0) is 23.1. The number of dihydropyridines is 1. The molecule has 0 unspecified atom stereocenters. The minimum Gasteiger partial charge on any atom is -0.466 e. The third-order valence-electron chi connectivity index (χ3n) is 4.94. The third kappa shape index (κ3) is 5.45. The Kier molecular flexibility index (Phi) is 8.64. The van der Waals surface area contributed by atoms with Gasteiger partial charge in [-0.15, -0.1) is 11.8 Å². The molecular weight excluding hydrogens is 422 g/mol. The molecule has 0 spiro atoms. The summed E-state index contributed by atoms with van der Waals surface area (Å²) < 4.78 is 9.95. The molecule has 0 radical (unpaired) electrons. The zero-order valence-electron chi connectivity index (χ0n) is 18.0. The molecule has 0 atom stereocenters. The summed E-state index contributed by atoms with van der Waals surface area (Å²) in [5.74, 6) is -1.40. The lowest BCUT2D eigenvalue weighted by Gasteiger charge is -2.31. The molecule has 1 aromatic rings. The Morgan fingerprint density at radius 1 is 1.13 bits per heavy atom. The van der Waals surface area contributed by atoms with E-state index in [4.69, 9.17) is 15.2 Å². The van der Waals surface area contributed by atoms with Gasteiger partial charge in [0.15, 0.2) is 0 Å². The van der Waals surface area contributed by atoms with Gasteiger partial charge in [-0.2, -0.15) is 0 Å². The number of rotatable bonds is 9. The van der Waals surface area contributed by atoms with Crippen molar-refractivity contribution in [2.45, 2.75) is 37.5 Å². The third-order valence-corrected chi connectivity index (χ3v) is 6.12. The maximum Gasteiger partial charge on any atom is 0.336 e. The van der Waals surface area contributed by atoms with E-state index in [0.717, 1.165) is 23.5 Å². The molecule has 1 aliphatic heterocycles. The Labute approximate surface area is 185 Å². The fraction of sp³-hybridized carbons (Fsp3) is 0.429. The first kappa shape index (κ1) is 24.4. The van der Waals surface area contributed by atoms with E-state index in [9.17, 15) is 19.7 Å². The molecule has 0 saturated carbocycles. The molecule has 1 aromatic carbocycles. The van der Waals surface area contributed by atoms with E-state index in [0.29, 0.717) is 23.5 Å². The van der Waals surface area contributed by atoms with Gasteiger partial charge < -0.3 is 20.5 Å². The van der Waals surface area contributed by atoms with Crippen molar-refractivity contribution in [1.29, 1.82) is 0 Å². The molecule has 168 valence electrons. The topological polar surface area (TPSA) is 134 Å². The Morgan fingerprint density at radius 2 is 1.71 bits per heavy atom. The van der Waals surface area contributed by atoms with Crippen molar-refractivity contribution in [2.75, 3.05) is 26.5 Å². The number of benzene rings is 1. The number of methoxy groups -OCH3 is 2. The van der Waals surface area contributed by atoms with E-state index in [1.54, 1.807) is 19.9 Å². The summed E-state index contributed by atoms with van der Waals surface area (Å²) in [4.78, 5) is 37.1. The Morgan fingerprint density at radius 3 is 2.19 bits per heavy atom. The highest BCUT2D eigenvalue weighted by atomic mass is 32.2. The fourth-order valence-electron chi connectivity index (χ4n) is 3.50. The van der Waals surface area contributed by atoms with E-state index in [1.807, 2.05) is 0 Å². The van der Waals surface area contributed by atoms with Crippen molar-refractivity contribution in [3.63, 3.8) is 0 Å². The van der Waals surface area contributed by atoms with Crippen molar-refractivity contribution < 1.29 is 24.0 Å². The first-order valence-electron chi connectivity index (χ1n) is 9.73. The number of esters is 2. The molecule has 1 aliphatic rings. The maximum atomic E-state index is 12.7. The van der Waals surface area contributed by atoms with Crippen molar-refractivity contribution in [3.05, 3.63) is 56.4 Å². The second-order valence-corrected chi connectivity index (χ2v) is 8.08. The number of nitrogens with two attached hydrogens (primary N) is 1. The summed E-state index contributed by atoms with van der Waals surface area (Å²) in [5, 5.41) is 14.5. The lowest BCUT2D eigenvalue weighted by Crippen LogP contribution is -2.32. The van der Waals surface area contributed by atoms with Crippen LogP contribution >= 0.6 is 11.8 Å². The molecule has 1 heterocycles. The minimum absolute atomic E-state index is 0.136. The maximum absolute atomic E-state index is 12.7. The van der Waals surface area contributed by atoms with Gasteiger partial charge in [-0.05, 0) is 50.6 Å². The summed E-state index contributed by atoms with van der Waals surface area (Å²) >= 11 is 1.50. The number of hydrogen-bond acceptors (Lipinski definition) is 9. The van der Waals surface area contributed by atoms with Gasteiger partial charge in [-0.3, -0.25) is 10.1 Å². The van der Waals surface area contributed by atoms with E-state index in [2.05, 4.69) is 5.32 Å². The quantitative estimate of drug-likeness (QED) is 0.192. The molecule has 31 heavy (non-hydrogen) atoms. The van der Waals surface area contributed by atoms with Crippen LogP contribution in [0.3, 0.4) is 0 Å². The summed E-state index contributed by atoms with van der Waals surface area (Å²) in [6, 6.07) is 4.48. The van der Waals surface area contributed by atoms with E-state index < -0.39 is 22.8 Å². The number of carbonyl (C=O) groups excluding carboxylic acids is 2. The number of ether oxygens (including phenoxy) is 2. The number of thioether (sulfide) groups is 1. The number of allylic oxidation sites excluding steroid dienone is 2. The van der Waals surface area contributed by atoms with E-state index in [1.165, 1.54) is 38.1 Å². The van der Waals surface area contributed by atoms with Crippen LogP contribution in [0.1, 0.15) is 38.2 Å². The first-order valence-corrected chi connectivity index (χ1v) is 10.7. The number of nitrogens with zero attached hydrogens (tertiary/aromatic N) is 1. The highest BCUT2D eigenvalue weighted by Gasteiger charge is 2.39. The number of non-ortho nitro benzene ring substituents is 1. The number of nitrogens with one attached hydrogen (secondary N) is 1. The van der Waals surface area contributed by atoms with Crippen LogP contribution in [-0.4, -0.2) is 43.4 Å². The van der Waals surface area contributed by atoms with Gasteiger partial charge in [-0.1, -0.05) is 0 Å². The minimum atomic E-state index is -0.877. The Hall–Kier alpha value is -2.85. The molecule has 10 heteroatoms. The molecule has 0 aliphatic carbocycles. The van der Waals surface area contributed by atoms with Gasteiger partial charge in [0.25, 0.3) is 5.69 Å². The van der Waals surface area contributed by atoms with Gasteiger partial charge >= 0.3 is 11.9 Å². The molecule has 0 aromatic heterocycles. The Bertz CT molecular complexity index is 903. The number of hydrogen-bond donors (Lipinski definition) is 2. The first-order chi connectivity index (χ1) is 14.8. The molecule has 9 nitrogen and oxygen atoms in total. The van der Waals surface area contributed by atoms with Crippen LogP contribution in [0.5, 0.6) is 0 Å². The van der Waals surface area contributed by atoms with Gasteiger partial charge in [-0.25, -0.2) is 9.59 Å². The monoisotopic (exact) mass is 449 g/mol. The summed E-state index contributed by atoms with van der Waals surface area (Å²) in [5.41, 5.74) is 7.34. The van der Waals surface area contributed by atoms with Gasteiger partial charge in [0.05, 0.1) is 36.2 Å². The molecule has 0 amide bonds. The Balaban J connectivity index is 2.72. The van der Waals surface area contributed by atoms with Crippen LogP contribution < -0.4 is 11.1 Å². The van der Waals surface area contributed by atoms with Crippen molar-refractivity contribution in [2.24, 2.45) is 5.73 Å². The van der Waals surface area contributed by atoms with Crippen LogP contribution in [-0.2, 0) is 19.1 Å². The van der Waals surface area contributed by atoms with Gasteiger partial charge in [0, 0.05) is 28.4 Å². The van der Waals surface area contributed by atoms with Crippen LogP contribution in [0.4, 0.5) is 5.69 Å². The predicted molar refractivity (Wildman–Crippen MR) is 117 cm³/mol. The molecule has 0 saturated heterocycles. The predicted octanol–water partition coefficient (Wildman–Crippen LogP) is 3.01. The van der Waals surface area contributed by atoms with Crippen LogP contribution in [0.15, 0.2) is 45.6 Å². The summed E-state index contributed by atoms with van der Waals surface area (Å²) in [7, 11) is 2.50. The normalized spacial score (nSPS) is 14.4. The lowest BCUT2D eigenvalue weighted by atomic mass is 9.80. The average Bonchev–Trinajstić information content (AvgIpc) is 2.75. The number of nitro benzene ring substituents is 1. The molecule has 0 fully saturated rings. The van der Waals surface area contributed by atoms with Crippen LogP contribution in [0, 0.1) is 10.1 Å². The van der Waals surface area contributed by atoms with Gasteiger partial charge in [0.1, 0.15) is 0 Å². The smallest absolute Gasteiger partial charge is 0.336 e. The average molecular weight is 450 g/mol. The van der Waals surface area contributed by atoms with Crippen LogP contribution in [0.2, 0.25) is 0 Å². The molecular formula is C21H27N3O6S. The van der Waals surface area contributed by atoms with E-state index >= 15 is 0 Å². The highest BCUT2D eigenvalue weighted by molar-refractivity contribution is 7.99. The fourth-order valence-corrected chi connectivity index (χ4v) is 4.58. The second kappa shape index (κ2) is 11.0. The number of unbranched alkanes of at least 4 members (excludes halogenated alkanes) is 1. The number of nitro groups is 1. The molecule has 3 N–H and O–H groups in total. The SMILES string of the molecule is COC(=O)C1=C(C)NC(C)=C(C(=O)OC)C1c1cc([N+](=O)[O-])ccc1SCCCCN. The highest BCUT2D eigenvalue weighted by Crippen LogP contribution is 2.44. The molecule has 2 rings (SSSR count). The second-order valence-electron chi connectivity index (χ2n) is 6.94. The van der Waals surface area contributed by atoms with Crippen molar-refractivity contribution in [3.8, 4) is 0 Å².